The fourth-order valence-corrected chi connectivity index (χ4v) is 2.41. The summed E-state index contributed by atoms with van der Waals surface area (Å²) in [5.41, 5.74) is 2.74. The Kier molecular flexibility index (Phi) is 3.38. The van der Waals surface area contributed by atoms with Crippen molar-refractivity contribution in [1.29, 1.82) is 0 Å². The lowest BCUT2D eigenvalue weighted by atomic mass is 10.2. The molecule has 4 rings (SSSR count). The summed E-state index contributed by atoms with van der Waals surface area (Å²) in [6, 6.07) is 15.8. The number of carbonyl (C=O) groups is 1. The van der Waals surface area contributed by atoms with Gasteiger partial charge < -0.3 is 0 Å². The van der Waals surface area contributed by atoms with Gasteiger partial charge in [-0.15, -0.1) is 5.10 Å². The predicted molar refractivity (Wildman–Crippen MR) is 89.7 cm³/mol. The molecule has 5 nitrogen and oxygen atoms in total. The van der Waals surface area contributed by atoms with Crippen molar-refractivity contribution in [1.82, 2.24) is 14.6 Å². The third-order valence-corrected chi connectivity index (χ3v) is 3.82. The first-order chi connectivity index (χ1) is 11.3. The monoisotopic (exact) mass is 304 g/mol. The molecule has 0 saturated heterocycles. The van der Waals surface area contributed by atoms with Crippen LogP contribution in [0.4, 0.5) is 5.95 Å². The number of hydrogen-bond donors (Lipinski definition) is 1. The maximum Gasteiger partial charge on any atom is 0.249 e. The molecule has 3 aromatic rings. The molecule has 2 aromatic heterocycles. The molecule has 0 bridgehead atoms. The Hall–Kier alpha value is -2.95. The number of rotatable bonds is 4. The van der Waals surface area contributed by atoms with Crippen LogP contribution >= 0.6 is 0 Å². The van der Waals surface area contributed by atoms with Gasteiger partial charge in [-0.25, -0.2) is 4.52 Å². The lowest BCUT2D eigenvalue weighted by Gasteiger charge is -1.98. The first-order valence-corrected chi connectivity index (χ1v) is 7.69. The summed E-state index contributed by atoms with van der Waals surface area (Å²) < 4.78 is 1.74. The molecule has 23 heavy (non-hydrogen) atoms. The van der Waals surface area contributed by atoms with E-state index in [0.717, 1.165) is 24.1 Å². The topological polar surface area (TPSA) is 59.3 Å². The molecule has 0 atom stereocenters. The average Bonchev–Trinajstić information content (AvgIpc) is 3.34. The zero-order valence-electron chi connectivity index (χ0n) is 12.5. The Morgan fingerprint density at radius 1 is 1.09 bits per heavy atom. The maximum atomic E-state index is 11.8. The first kappa shape index (κ1) is 13.7. The van der Waals surface area contributed by atoms with E-state index in [-0.39, 0.29) is 11.8 Å². The molecule has 1 amide bonds. The van der Waals surface area contributed by atoms with Crippen molar-refractivity contribution in [3.05, 3.63) is 59.8 Å². The number of pyridine rings is 1. The third kappa shape index (κ3) is 2.99. The third-order valence-electron chi connectivity index (χ3n) is 3.82. The number of aromatic nitrogens is 3. The molecule has 0 spiro atoms. The van der Waals surface area contributed by atoms with Crippen molar-refractivity contribution in [3.63, 3.8) is 0 Å². The fourth-order valence-electron chi connectivity index (χ4n) is 2.41. The highest BCUT2D eigenvalue weighted by atomic mass is 16.2. The van der Waals surface area contributed by atoms with E-state index in [1.165, 1.54) is 0 Å². The van der Waals surface area contributed by atoms with E-state index in [1.807, 2.05) is 60.7 Å². The normalized spacial score (nSPS) is 14.4. The highest BCUT2D eigenvalue weighted by Gasteiger charge is 2.30. The number of fused-ring (bicyclic) bond motifs is 1. The molecular formula is C18H16N4O. The molecule has 0 aliphatic heterocycles. The van der Waals surface area contributed by atoms with E-state index in [4.69, 9.17) is 0 Å². The van der Waals surface area contributed by atoms with Crippen molar-refractivity contribution in [2.24, 2.45) is 5.92 Å². The van der Waals surface area contributed by atoms with Gasteiger partial charge in [0, 0.05) is 5.92 Å². The summed E-state index contributed by atoms with van der Waals surface area (Å²) in [5, 5.41) is 7.19. The van der Waals surface area contributed by atoms with Gasteiger partial charge in [-0.2, -0.15) is 4.98 Å². The molecular weight excluding hydrogens is 288 g/mol. The molecule has 1 aliphatic rings. The minimum Gasteiger partial charge on any atom is -0.293 e. The van der Waals surface area contributed by atoms with Crippen LogP contribution in [0.1, 0.15) is 24.1 Å². The average molecular weight is 304 g/mol. The van der Waals surface area contributed by atoms with Gasteiger partial charge in [-0.3, -0.25) is 10.1 Å². The number of benzene rings is 1. The highest BCUT2D eigenvalue weighted by Crippen LogP contribution is 2.29. The lowest BCUT2D eigenvalue weighted by Crippen LogP contribution is -2.14. The maximum absolute atomic E-state index is 11.8. The molecule has 1 N–H and O–H groups in total. The summed E-state index contributed by atoms with van der Waals surface area (Å²) in [5.74, 6) is 0.517. The van der Waals surface area contributed by atoms with Crippen LogP contribution in [0.5, 0.6) is 0 Å². The minimum absolute atomic E-state index is 0.0160. The van der Waals surface area contributed by atoms with Crippen LogP contribution in [0.15, 0.2) is 48.5 Å². The Labute approximate surface area is 133 Å². The van der Waals surface area contributed by atoms with Crippen LogP contribution in [0.25, 0.3) is 17.8 Å². The molecule has 1 aromatic carbocycles. The Morgan fingerprint density at radius 3 is 2.70 bits per heavy atom. The Balaban J connectivity index is 1.63. The summed E-state index contributed by atoms with van der Waals surface area (Å²) in [4.78, 5) is 16.2. The van der Waals surface area contributed by atoms with E-state index >= 15 is 0 Å². The molecule has 0 radical (unpaired) electrons. The van der Waals surface area contributed by atoms with E-state index < -0.39 is 0 Å². The quantitative estimate of drug-likeness (QED) is 0.805. The number of nitrogens with zero attached hydrogens (tertiary/aromatic N) is 3. The summed E-state index contributed by atoms with van der Waals surface area (Å²) in [6.07, 6.45) is 5.94. The predicted octanol–water partition coefficient (Wildman–Crippen LogP) is 3.25. The number of hydrogen-bond acceptors (Lipinski definition) is 3. The van der Waals surface area contributed by atoms with Gasteiger partial charge in [0.1, 0.15) is 0 Å². The zero-order valence-corrected chi connectivity index (χ0v) is 12.5. The zero-order chi connectivity index (χ0) is 15.6. The summed E-state index contributed by atoms with van der Waals surface area (Å²) in [6.45, 7) is 0. The largest absolute Gasteiger partial charge is 0.293 e. The van der Waals surface area contributed by atoms with Crippen LogP contribution in [0, 0.1) is 5.92 Å². The second-order valence-corrected chi connectivity index (χ2v) is 5.66. The van der Waals surface area contributed by atoms with Crippen molar-refractivity contribution in [3.8, 4) is 0 Å². The minimum atomic E-state index is 0.0160. The molecule has 0 unspecified atom stereocenters. The van der Waals surface area contributed by atoms with E-state index in [1.54, 1.807) is 4.52 Å². The van der Waals surface area contributed by atoms with Gasteiger partial charge in [0.15, 0.2) is 5.65 Å². The van der Waals surface area contributed by atoms with Gasteiger partial charge >= 0.3 is 0 Å². The smallest absolute Gasteiger partial charge is 0.249 e. The van der Waals surface area contributed by atoms with Gasteiger partial charge in [-0.1, -0.05) is 42.5 Å². The SMILES string of the molecule is O=C(Nc1nc2cccc(/C=C/c3ccccc3)n2n1)C1CC1. The molecule has 1 fully saturated rings. The second-order valence-electron chi connectivity index (χ2n) is 5.66. The lowest BCUT2D eigenvalue weighted by molar-refractivity contribution is -0.117. The molecule has 1 saturated carbocycles. The standard InChI is InChI=1S/C18H16N4O/c23-17(14-10-11-14)20-18-19-16-8-4-7-15(22(16)21-18)12-9-13-5-2-1-3-6-13/h1-9,12,14H,10-11H2,(H,20,21,23)/b12-9+. The van der Waals surface area contributed by atoms with Crippen LogP contribution in [-0.4, -0.2) is 20.5 Å². The summed E-state index contributed by atoms with van der Waals surface area (Å²) >= 11 is 0. The Bertz CT molecular complexity index is 878. The number of anilines is 1. The number of amides is 1. The number of carbonyl (C=O) groups excluding carboxylic acids is 1. The van der Waals surface area contributed by atoms with E-state index in [0.29, 0.717) is 11.6 Å². The summed E-state index contributed by atoms with van der Waals surface area (Å²) in [7, 11) is 0. The van der Waals surface area contributed by atoms with Gasteiger partial charge in [0.05, 0.1) is 5.69 Å². The van der Waals surface area contributed by atoms with Crippen LogP contribution in [-0.2, 0) is 4.79 Å². The fraction of sp³-hybridized carbons (Fsp3) is 0.167. The van der Waals surface area contributed by atoms with Crippen molar-refractivity contribution in [2.45, 2.75) is 12.8 Å². The van der Waals surface area contributed by atoms with Gasteiger partial charge in [0.25, 0.3) is 0 Å². The van der Waals surface area contributed by atoms with Crippen LogP contribution in [0.2, 0.25) is 0 Å². The van der Waals surface area contributed by atoms with Gasteiger partial charge in [-0.05, 0) is 36.6 Å². The molecule has 1 aliphatic carbocycles. The van der Waals surface area contributed by atoms with Crippen LogP contribution < -0.4 is 5.32 Å². The Morgan fingerprint density at radius 2 is 1.91 bits per heavy atom. The highest BCUT2D eigenvalue weighted by molar-refractivity contribution is 5.92. The van der Waals surface area contributed by atoms with Crippen LogP contribution in [0.3, 0.4) is 0 Å². The van der Waals surface area contributed by atoms with Crippen molar-refractivity contribution >= 4 is 29.7 Å². The first-order valence-electron chi connectivity index (χ1n) is 7.69. The van der Waals surface area contributed by atoms with E-state index in [9.17, 15) is 4.79 Å². The molecule has 5 heteroatoms. The number of nitrogens with one attached hydrogen (secondary N) is 1. The van der Waals surface area contributed by atoms with Crippen molar-refractivity contribution in [2.75, 3.05) is 5.32 Å². The second kappa shape index (κ2) is 5.68. The van der Waals surface area contributed by atoms with Crippen molar-refractivity contribution < 1.29 is 4.79 Å². The van der Waals surface area contributed by atoms with Gasteiger partial charge in [0.2, 0.25) is 11.9 Å². The van der Waals surface area contributed by atoms with E-state index in [2.05, 4.69) is 15.4 Å². The molecule has 2 heterocycles. The molecule has 114 valence electrons.